The second-order valence-corrected chi connectivity index (χ2v) is 9.05. The summed E-state index contributed by atoms with van der Waals surface area (Å²) in [6, 6.07) is 0. The maximum Gasteiger partial charge on any atom is 0.437 e. The number of rotatable bonds is 6. The van der Waals surface area contributed by atoms with E-state index < -0.39 is 6.80 Å². The van der Waals surface area contributed by atoms with Crippen molar-refractivity contribution in [3.05, 3.63) is 0 Å². The van der Waals surface area contributed by atoms with Gasteiger partial charge in [0.15, 0.2) is 0 Å². The number of hydroxylamine groups is 4. The molecule has 0 aromatic rings. The predicted octanol–water partition coefficient (Wildman–Crippen LogP) is 0.603. The second-order valence-electron chi connectivity index (χ2n) is 5.32. The van der Waals surface area contributed by atoms with E-state index in [9.17, 15) is 4.57 Å². The van der Waals surface area contributed by atoms with Crippen molar-refractivity contribution in [3.8, 4) is 0 Å². The van der Waals surface area contributed by atoms with Gasteiger partial charge in [-0.15, -0.1) is 0 Å². The SMILES string of the molecule is O=P(ON1CCOCC1)(ON1CCOCC1)SN1CCOCC1. The lowest BCUT2D eigenvalue weighted by Crippen LogP contribution is -2.39. The van der Waals surface area contributed by atoms with E-state index in [2.05, 4.69) is 0 Å². The average Bonchev–Trinajstić information content (AvgIpc) is 2.57. The van der Waals surface area contributed by atoms with Crippen molar-refractivity contribution in [1.29, 1.82) is 0 Å². The fourth-order valence-corrected chi connectivity index (χ4v) is 6.01. The molecule has 3 heterocycles. The van der Waals surface area contributed by atoms with Crippen molar-refractivity contribution < 1.29 is 28.0 Å². The highest BCUT2D eigenvalue weighted by Gasteiger charge is 2.37. The molecule has 0 amide bonds. The summed E-state index contributed by atoms with van der Waals surface area (Å²) in [6.45, 7) is 3.87. The van der Waals surface area contributed by atoms with E-state index in [-0.39, 0.29) is 0 Å². The van der Waals surface area contributed by atoms with Crippen LogP contribution in [0.1, 0.15) is 0 Å². The lowest BCUT2D eigenvalue weighted by atomic mass is 10.5. The molecule has 3 fully saturated rings. The first-order valence-electron chi connectivity index (χ1n) is 7.91. The van der Waals surface area contributed by atoms with E-state index in [1.165, 1.54) is 0 Å². The van der Waals surface area contributed by atoms with Gasteiger partial charge in [0.05, 0.1) is 39.6 Å². The Labute approximate surface area is 140 Å². The van der Waals surface area contributed by atoms with Crippen molar-refractivity contribution in [3.63, 3.8) is 0 Å². The predicted molar refractivity (Wildman–Crippen MR) is 84.5 cm³/mol. The fourth-order valence-electron chi connectivity index (χ4n) is 2.35. The Morgan fingerprint density at radius 2 is 1.09 bits per heavy atom. The molecule has 0 spiro atoms. The molecule has 3 rings (SSSR count). The lowest BCUT2D eigenvalue weighted by Gasteiger charge is -2.35. The van der Waals surface area contributed by atoms with Crippen molar-refractivity contribution in [2.75, 3.05) is 78.9 Å². The summed E-state index contributed by atoms with van der Waals surface area (Å²) in [7, 11) is 0. The van der Waals surface area contributed by atoms with Gasteiger partial charge in [0.2, 0.25) is 0 Å². The van der Waals surface area contributed by atoms with Crippen LogP contribution < -0.4 is 0 Å². The molecule has 0 aromatic carbocycles. The van der Waals surface area contributed by atoms with Gasteiger partial charge in [0.1, 0.15) is 0 Å². The van der Waals surface area contributed by atoms with E-state index in [4.69, 9.17) is 23.5 Å². The van der Waals surface area contributed by atoms with Gasteiger partial charge in [-0.05, 0) is 0 Å². The number of nitrogens with zero attached hydrogens (tertiary/aromatic N) is 3. The third-order valence-corrected chi connectivity index (χ3v) is 6.91. The normalized spacial score (nSPS) is 26.4. The molecule has 0 atom stereocenters. The maximum absolute atomic E-state index is 13.3. The Hall–Kier alpha value is 0.260. The van der Waals surface area contributed by atoms with E-state index in [1.54, 1.807) is 10.1 Å². The summed E-state index contributed by atoms with van der Waals surface area (Å²) in [6.07, 6.45) is 0. The molecule has 23 heavy (non-hydrogen) atoms. The van der Waals surface area contributed by atoms with Crippen LogP contribution in [0.2, 0.25) is 0 Å². The Bertz CT molecular complexity index is 345. The number of morpholine rings is 3. The molecule has 9 nitrogen and oxygen atoms in total. The maximum atomic E-state index is 13.3. The van der Waals surface area contributed by atoms with E-state index >= 15 is 0 Å². The number of hydrogen-bond acceptors (Lipinski definition) is 10. The van der Waals surface area contributed by atoms with Gasteiger partial charge in [0.25, 0.3) is 0 Å². The van der Waals surface area contributed by atoms with Crippen molar-refractivity contribution >= 4 is 18.4 Å². The Morgan fingerprint density at radius 1 is 0.696 bits per heavy atom. The summed E-state index contributed by atoms with van der Waals surface area (Å²) in [5, 5.41) is 3.36. The minimum atomic E-state index is -3.40. The van der Waals surface area contributed by atoms with Crippen LogP contribution in [0.15, 0.2) is 0 Å². The van der Waals surface area contributed by atoms with Crippen LogP contribution in [-0.2, 0) is 28.0 Å². The molecule has 0 aliphatic carbocycles. The van der Waals surface area contributed by atoms with Gasteiger partial charge in [-0.3, -0.25) is 0 Å². The van der Waals surface area contributed by atoms with Crippen LogP contribution in [-0.4, -0.2) is 93.3 Å². The lowest BCUT2D eigenvalue weighted by molar-refractivity contribution is -0.161. The summed E-state index contributed by atoms with van der Waals surface area (Å²) >= 11 is 1.15. The molecule has 0 radical (unpaired) electrons. The molecule has 3 saturated heterocycles. The molecule has 134 valence electrons. The van der Waals surface area contributed by atoms with E-state index in [0.29, 0.717) is 78.9 Å². The van der Waals surface area contributed by atoms with Crippen molar-refractivity contribution in [2.45, 2.75) is 0 Å². The van der Waals surface area contributed by atoms with Gasteiger partial charge in [0, 0.05) is 50.8 Å². The minimum absolute atomic E-state index is 0.569. The van der Waals surface area contributed by atoms with Gasteiger partial charge in [-0.1, -0.05) is 0 Å². The largest absolute Gasteiger partial charge is 0.437 e. The molecule has 0 saturated carbocycles. The first-order valence-corrected chi connectivity index (χ1v) is 10.8. The molecule has 11 heteroatoms. The Kier molecular flexibility index (Phi) is 7.14. The van der Waals surface area contributed by atoms with Gasteiger partial charge in [-0.2, -0.15) is 10.1 Å². The Balaban J connectivity index is 1.61. The molecule has 3 aliphatic rings. The summed E-state index contributed by atoms with van der Waals surface area (Å²) < 4.78 is 42.8. The van der Waals surface area contributed by atoms with Crippen LogP contribution in [0.4, 0.5) is 0 Å². The Morgan fingerprint density at radius 3 is 1.52 bits per heavy atom. The molecule has 0 bridgehead atoms. The van der Waals surface area contributed by atoms with E-state index in [0.717, 1.165) is 11.6 Å². The van der Waals surface area contributed by atoms with Crippen LogP contribution in [0.25, 0.3) is 0 Å². The monoisotopic (exact) mass is 369 g/mol. The first-order chi connectivity index (χ1) is 11.2. The van der Waals surface area contributed by atoms with Gasteiger partial charge < -0.3 is 14.2 Å². The van der Waals surface area contributed by atoms with Crippen molar-refractivity contribution in [1.82, 2.24) is 14.4 Å². The van der Waals surface area contributed by atoms with Crippen molar-refractivity contribution in [2.24, 2.45) is 0 Å². The van der Waals surface area contributed by atoms with Crippen LogP contribution in [0, 0.1) is 0 Å². The highest BCUT2D eigenvalue weighted by Crippen LogP contribution is 2.63. The second kappa shape index (κ2) is 9.10. The highest BCUT2D eigenvalue weighted by molar-refractivity contribution is 8.53. The number of ether oxygens (including phenoxy) is 3. The summed E-state index contributed by atoms with van der Waals surface area (Å²) in [4.78, 5) is 0. The zero-order chi connectivity index (χ0) is 16.0. The minimum Gasteiger partial charge on any atom is -0.379 e. The summed E-state index contributed by atoms with van der Waals surface area (Å²) in [5.41, 5.74) is 0. The zero-order valence-electron chi connectivity index (χ0n) is 13.1. The molecule has 0 aromatic heterocycles. The van der Waals surface area contributed by atoms with E-state index in [1.807, 2.05) is 4.31 Å². The topological polar surface area (TPSA) is 72.9 Å². The molecule has 0 N–H and O–H groups in total. The average molecular weight is 369 g/mol. The highest BCUT2D eigenvalue weighted by atomic mass is 32.7. The first kappa shape index (κ1) is 18.1. The third kappa shape index (κ3) is 5.93. The molecular weight excluding hydrogens is 345 g/mol. The fraction of sp³-hybridized carbons (Fsp3) is 1.00. The molecule has 0 unspecified atom stereocenters. The molecular formula is C12H24N3O6PS. The summed E-state index contributed by atoms with van der Waals surface area (Å²) in [5.74, 6) is 0. The van der Waals surface area contributed by atoms with Crippen LogP contribution in [0.5, 0.6) is 0 Å². The third-order valence-electron chi connectivity index (χ3n) is 3.56. The van der Waals surface area contributed by atoms with Crippen LogP contribution >= 0.6 is 18.4 Å². The molecule has 3 aliphatic heterocycles. The number of hydrogen-bond donors (Lipinski definition) is 0. The smallest absolute Gasteiger partial charge is 0.379 e. The van der Waals surface area contributed by atoms with Crippen LogP contribution in [0.3, 0.4) is 0 Å². The van der Waals surface area contributed by atoms with Gasteiger partial charge >= 0.3 is 6.80 Å². The standard InChI is InChI=1S/C12H24N3O6PS/c16-22(20-13-1-7-17-8-2-13,21-14-3-9-18-10-4-14)23-15-5-11-19-12-6-15/h1-12H2. The zero-order valence-corrected chi connectivity index (χ0v) is 14.8. The quantitative estimate of drug-likeness (QED) is 0.491. The van der Waals surface area contributed by atoms with Gasteiger partial charge in [-0.25, -0.2) is 18.1 Å².